The lowest BCUT2D eigenvalue weighted by atomic mass is 10.2. The van der Waals surface area contributed by atoms with Crippen molar-refractivity contribution >= 4 is 23.3 Å². The van der Waals surface area contributed by atoms with Gasteiger partial charge in [-0.15, -0.1) is 0 Å². The van der Waals surface area contributed by atoms with Crippen molar-refractivity contribution in [3.63, 3.8) is 0 Å². The molecule has 0 aliphatic heterocycles. The van der Waals surface area contributed by atoms with Crippen LogP contribution in [0, 0.1) is 6.92 Å². The predicted molar refractivity (Wildman–Crippen MR) is 98.2 cm³/mol. The van der Waals surface area contributed by atoms with Crippen molar-refractivity contribution in [2.24, 2.45) is 0 Å². The summed E-state index contributed by atoms with van der Waals surface area (Å²) in [5, 5.41) is 8.36. The number of nitrogens with one attached hydrogen (secondary N) is 3. The molecule has 0 unspecified atom stereocenters. The number of para-hydroxylation sites is 2. The van der Waals surface area contributed by atoms with Crippen LogP contribution in [0.4, 0.5) is 16.2 Å². The Balaban J connectivity index is 1.69. The summed E-state index contributed by atoms with van der Waals surface area (Å²) >= 11 is 0. The van der Waals surface area contributed by atoms with Gasteiger partial charge in [-0.3, -0.25) is 4.79 Å². The molecule has 25 heavy (non-hydrogen) atoms. The van der Waals surface area contributed by atoms with E-state index in [1.165, 1.54) is 6.26 Å². The van der Waals surface area contributed by atoms with Crippen molar-refractivity contribution in [3.05, 3.63) is 47.9 Å². The molecule has 0 aliphatic rings. The van der Waals surface area contributed by atoms with Gasteiger partial charge in [0.15, 0.2) is 5.76 Å². The average molecular weight is 344 g/mol. The molecule has 2 rings (SSSR count). The molecule has 0 bridgehead atoms. The minimum absolute atomic E-state index is 0.244. The normalized spacial score (nSPS) is 10.2. The van der Waals surface area contributed by atoms with Crippen LogP contribution in [0.2, 0.25) is 0 Å². The Hall–Kier alpha value is -2.96. The summed E-state index contributed by atoms with van der Waals surface area (Å²) in [6.07, 6.45) is 2.11. The number of furan rings is 1. The minimum Gasteiger partial charge on any atom is -0.459 e. The molecule has 134 valence electrons. The Kier molecular flexibility index (Phi) is 6.45. The quantitative estimate of drug-likeness (QED) is 0.674. The fourth-order valence-electron chi connectivity index (χ4n) is 2.31. The van der Waals surface area contributed by atoms with Crippen molar-refractivity contribution in [2.75, 3.05) is 37.4 Å². The van der Waals surface area contributed by atoms with Crippen LogP contribution < -0.4 is 20.9 Å². The Morgan fingerprint density at radius 1 is 1.08 bits per heavy atom. The van der Waals surface area contributed by atoms with Crippen LogP contribution in [0.1, 0.15) is 22.5 Å². The van der Waals surface area contributed by atoms with Crippen LogP contribution in [0.15, 0.2) is 41.0 Å². The predicted octanol–water partition coefficient (Wildman–Crippen LogP) is 2.60. The molecule has 1 heterocycles. The molecule has 0 saturated heterocycles. The number of hydrogen-bond donors (Lipinski definition) is 3. The smallest absolute Gasteiger partial charge is 0.319 e. The highest BCUT2D eigenvalue weighted by molar-refractivity contribution is 5.93. The maximum atomic E-state index is 12.0. The molecule has 0 radical (unpaired) electrons. The van der Waals surface area contributed by atoms with Crippen LogP contribution in [-0.4, -0.2) is 39.1 Å². The summed E-state index contributed by atoms with van der Waals surface area (Å²) in [6.45, 7) is 2.72. The summed E-state index contributed by atoms with van der Waals surface area (Å²) in [5.74, 6) is 0.0813. The molecule has 0 aliphatic carbocycles. The van der Waals surface area contributed by atoms with E-state index in [-0.39, 0.29) is 11.9 Å². The topological polar surface area (TPSA) is 86.6 Å². The standard InChI is InChI=1S/C18H24N4O3/c1-13-9-12-25-16(13)17(23)19-10-6-11-20-18(24)21-14-7-4-5-8-15(14)22(2)3/h4-5,7-9,12H,6,10-11H2,1-3H3,(H,19,23)(H2,20,21,24). The Morgan fingerprint density at radius 3 is 2.48 bits per heavy atom. The zero-order valence-electron chi connectivity index (χ0n) is 14.8. The molecule has 1 aromatic carbocycles. The van der Waals surface area contributed by atoms with Crippen molar-refractivity contribution in [2.45, 2.75) is 13.3 Å². The molecule has 0 saturated carbocycles. The van der Waals surface area contributed by atoms with Crippen molar-refractivity contribution in [1.82, 2.24) is 10.6 Å². The van der Waals surface area contributed by atoms with E-state index in [0.717, 1.165) is 16.9 Å². The fraction of sp³-hybridized carbons (Fsp3) is 0.333. The average Bonchev–Trinajstić information content (AvgIpc) is 3.00. The number of nitrogens with zero attached hydrogens (tertiary/aromatic N) is 1. The van der Waals surface area contributed by atoms with Gasteiger partial charge < -0.3 is 25.3 Å². The van der Waals surface area contributed by atoms with Gasteiger partial charge in [0, 0.05) is 32.7 Å². The molecule has 2 aromatic rings. The largest absolute Gasteiger partial charge is 0.459 e. The van der Waals surface area contributed by atoms with E-state index in [1.54, 1.807) is 6.07 Å². The molecule has 7 heteroatoms. The lowest BCUT2D eigenvalue weighted by molar-refractivity contribution is 0.0925. The SMILES string of the molecule is Cc1ccoc1C(=O)NCCCNC(=O)Nc1ccccc1N(C)C. The second kappa shape index (κ2) is 8.77. The Bertz CT molecular complexity index is 725. The number of anilines is 2. The van der Waals surface area contributed by atoms with Crippen LogP contribution in [0.5, 0.6) is 0 Å². The highest BCUT2D eigenvalue weighted by Crippen LogP contribution is 2.23. The summed E-state index contributed by atoms with van der Waals surface area (Å²) in [6, 6.07) is 9.04. The first-order valence-electron chi connectivity index (χ1n) is 8.12. The minimum atomic E-state index is -0.275. The van der Waals surface area contributed by atoms with E-state index in [9.17, 15) is 9.59 Å². The fourth-order valence-corrected chi connectivity index (χ4v) is 2.31. The van der Waals surface area contributed by atoms with Crippen LogP contribution in [0.3, 0.4) is 0 Å². The molecule has 7 nitrogen and oxygen atoms in total. The van der Waals surface area contributed by atoms with E-state index in [1.807, 2.05) is 50.2 Å². The second-order valence-corrected chi connectivity index (χ2v) is 5.83. The summed E-state index contributed by atoms with van der Waals surface area (Å²) < 4.78 is 5.12. The molecule has 1 aromatic heterocycles. The monoisotopic (exact) mass is 344 g/mol. The number of benzene rings is 1. The van der Waals surface area contributed by atoms with Crippen molar-refractivity contribution in [1.29, 1.82) is 0 Å². The van der Waals surface area contributed by atoms with Crippen molar-refractivity contribution in [3.8, 4) is 0 Å². The van der Waals surface area contributed by atoms with E-state index in [2.05, 4.69) is 16.0 Å². The second-order valence-electron chi connectivity index (χ2n) is 5.83. The first-order chi connectivity index (χ1) is 12.0. The number of rotatable bonds is 7. The molecular weight excluding hydrogens is 320 g/mol. The molecule has 0 fully saturated rings. The zero-order chi connectivity index (χ0) is 18.2. The number of urea groups is 1. The lowest BCUT2D eigenvalue weighted by Crippen LogP contribution is -2.32. The van der Waals surface area contributed by atoms with Gasteiger partial charge in [0.2, 0.25) is 0 Å². The van der Waals surface area contributed by atoms with Crippen LogP contribution in [0.25, 0.3) is 0 Å². The van der Waals surface area contributed by atoms with Gasteiger partial charge in [-0.1, -0.05) is 12.1 Å². The summed E-state index contributed by atoms with van der Waals surface area (Å²) in [5.41, 5.74) is 2.47. The number of carbonyl (C=O) groups excluding carboxylic acids is 2. The Labute approximate surface area is 147 Å². The van der Waals surface area contributed by atoms with Gasteiger partial charge in [-0.05, 0) is 31.5 Å². The lowest BCUT2D eigenvalue weighted by Gasteiger charge is -2.17. The third-order valence-corrected chi connectivity index (χ3v) is 3.63. The van der Waals surface area contributed by atoms with Crippen LogP contribution >= 0.6 is 0 Å². The maximum absolute atomic E-state index is 12.0. The van der Waals surface area contributed by atoms with Gasteiger partial charge in [-0.2, -0.15) is 0 Å². The highest BCUT2D eigenvalue weighted by atomic mass is 16.3. The third kappa shape index (κ3) is 5.27. The molecule has 0 atom stereocenters. The van der Waals surface area contributed by atoms with E-state index < -0.39 is 0 Å². The zero-order valence-corrected chi connectivity index (χ0v) is 14.8. The summed E-state index contributed by atoms with van der Waals surface area (Å²) in [7, 11) is 3.84. The van der Waals surface area contributed by atoms with E-state index in [0.29, 0.717) is 25.3 Å². The maximum Gasteiger partial charge on any atom is 0.319 e. The summed E-state index contributed by atoms with van der Waals surface area (Å²) in [4.78, 5) is 25.8. The van der Waals surface area contributed by atoms with Crippen molar-refractivity contribution < 1.29 is 14.0 Å². The van der Waals surface area contributed by atoms with Gasteiger partial charge in [0.25, 0.3) is 5.91 Å². The van der Waals surface area contributed by atoms with E-state index in [4.69, 9.17) is 4.42 Å². The Morgan fingerprint density at radius 2 is 1.80 bits per heavy atom. The van der Waals surface area contributed by atoms with Gasteiger partial charge >= 0.3 is 6.03 Å². The van der Waals surface area contributed by atoms with Gasteiger partial charge in [0.05, 0.1) is 17.6 Å². The highest BCUT2D eigenvalue weighted by Gasteiger charge is 2.11. The van der Waals surface area contributed by atoms with E-state index >= 15 is 0 Å². The molecule has 3 amide bonds. The van der Waals surface area contributed by atoms with Gasteiger partial charge in [0.1, 0.15) is 0 Å². The number of amides is 3. The van der Waals surface area contributed by atoms with Crippen LogP contribution in [-0.2, 0) is 0 Å². The molecule has 0 spiro atoms. The number of hydrogen-bond acceptors (Lipinski definition) is 4. The number of aryl methyl sites for hydroxylation is 1. The molecular formula is C18H24N4O3. The first-order valence-corrected chi connectivity index (χ1v) is 8.12. The van der Waals surface area contributed by atoms with Gasteiger partial charge in [-0.25, -0.2) is 4.79 Å². The first kappa shape index (κ1) is 18.4. The third-order valence-electron chi connectivity index (χ3n) is 3.63. The number of carbonyl (C=O) groups is 2. The molecule has 3 N–H and O–H groups in total.